The summed E-state index contributed by atoms with van der Waals surface area (Å²) in [6.45, 7) is 2.10. The van der Waals surface area contributed by atoms with Crippen molar-refractivity contribution in [2.75, 3.05) is 13.6 Å². The Morgan fingerprint density at radius 1 is 1.35 bits per heavy atom. The quantitative estimate of drug-likeness (QED) is 0.833. The Kier molecular flexibility index (Phi) is 5.35. The molecule has 1 rings (SSSR count). The van der Waals surface area contributed by atoms with Crippen LogP contribution in [-0.2, 0) is 17.5 Å². The normalized spacial score (nSPS) is 11.4. The van der Waals surface area contributed by atoms with Crippen LogP contribution in [0.25, 0.3) is 0 Å². The number of amides is 1. The van der Waals surface area contributed by atoms with Gasteiger partial charge < -0.3 is 9.47 Å². The molecular weight excluding hydrogens is 273 g/mol. The summed E-state index contributed by atoms with van der Waals surface area (Å²) in [5.41, 5.74) is -1.57. The molecule has 0 spiro atoms. The van der Waals surface area contributed by atoms with Gasteiger partial charge >= 0.3 is 6.18 Å². The highest BCUT2D eigenvalue weighted by Gasteiger charge is 2.31. The first-order chi connectivity index (χ1) is 9.25. The predicted molar refractivity (Wildman–Crippen MR) is 68.2 cm³/mol. The zero-order valence-corrected chi connectivity index (χ0v) is 11.4. The van der Waals surface area contributed by atoms with E-state index >= 15 is 0 Å². The van der Waals surface area contributed by atoms with Crippen molar-refractivity contribution in [2.24, 2.45) is 0 Å². The molecule has 1 aromatic rings. The molecule has 0 bridgehead atoms. The largest absolute Gasteiger partial charge is 0.417 e. The highest BCUT2D eigenvalue weighted by Crippen LogP contribution is 2.27. The van der Waals surface area contributed by atoms with E-state index in [0.29, 0.717) is 18.8 Å². The average molecular weight is 290 g/mol. The summed E-state index contributed by atoms with van der Waals surface area (Å²) in [7, 11) is 1.57. The van der Waals surface area contributed by atoms with E-state index in [1.807, 2.05) is 6.92 Å². The van der Waals surface area contributed by atoms with Gasteiger partial charge in [-0.2, -0.15) is 13.2 Å². The van der Waals surface area contributed by atoms with E-state index in [-0.39, 0.29) is 12.5 Å². The zero-order chi connectivity index (χ0) is 15.3. The summed E-state index contributed by atoms with van der Waals surface area (Å²) in [5.74, 6) is -0.389. The first-order valence-corrected chi connectivity index (χ1v) is 6.27. The van der Waals surface area contributed by atoms with Crippen molar-refractivity contribution in [3.63, 3.8) is 0 Å². The van der Waals surface area contributed by atoms with E-state index < -0.39 is 17.3 Å². The van der Waals surface area contributed by atoms with Gasteiger partial charge in [-0.3, -0.25) is 9.59 Å². The minimum absolute atomic E-state index is 0.386. The molecule has 0 radical (unpaired) electrons. The molecule has 0 N–H and O–H groups in total. The fourth-order valence-electron chi connectivity index (χ4n) is 1.61. The first kappa shape index (κ1) is 16.3. The molecule has 0 aromatic carbocycles. The molecule has 4 nitrogen and oxygen atoms in total. The number of hydrogen-bond acceptors (Lipinski definition) is 2. The number of pyridine rings is 1. The number of carbonyl (C=O) groups is 1. The van der Waals surface area contributed by atoms with E-state index in [2.05, 4.69) is 0 Å². The van der Waals surface area contributed by atoms with Crippen molar-refractivity contribution in [1.29, 1.82) is 0 Å². The van der Waals surface area contributed by atoms with Crippen molar-refractivity contribution in [2.45, 2.75) is 32.5 Å². The van der Waals surface area contributed by atoms with E-state index in [1.165, 1.54) is 4.90 Å². The molecule has 0 saturated heterocycles. The number of rotatable bonds is 5. The lowest BCUT2D eigenvalue weighted by Crippen LogP contribution is -2.34. The molecular formula is C13H17F3N2O2. The molecule has 0 aliphatic carbocycles. The fourth-order valence-corrected chi connectivity index (χ4v) is 1.61. The number of unbranched alkanes of at least 4 members (excludes halogenated alkanes) is 1. The maximum absolute atomic E-state index is 12.6. The lowest BCUT2D eigenvalue weighted by Gasteiger charge is -2.18. The van der Waals surface area contributed by atoms with Gasteiger partial charge in [0.15, 0.2) is 0 Å². The van der Waals surface area contributed by atoms with Gasteiger partial charge in [0.25, 0.3) is 5.56 Å². The molecule has 0 atom stereocenters. The number of hydrogen-bond donors (Lipinski definition) is 0. The van der Waals surface area contributed by atoms with Crippen molar-refractivity contribution in [3.05, 3.63) is 34.2 Å². The molecule has 112 valence electrons. The SMILES string of the molecule is CCCCN(C)C(=O)Cn1cc(C(F)(F)F)ccc1=O. The third-order valence-electron chi connectivity index (χ3n) is 2.89. The van der Waals surface area contributed by atoms with Crippen molar-refractivity contribution < 1.29 is 18.0 Å². The monoisotopic (exact) mass is 290 g/mol. The molecule has 1 heterocycles. The average Bonchev–Trinajstić information content (AvgIpc) is 2.37. The molecule has 7 heteroatoms. The third kappa shape index (κ3) is 4.40. The standard InChI is InChI=1S/C13H17F3N2O2/c1-3-4-7-17(2)12(20)9-18-8-10(13(14,15)16)5-6-11(18)19/h5-6,8H,3-4,7,9H2,1-2H3. The summed E-state index contributed by atoms with van der Waals surface area (Å²) in [4.78, 5) is 24.7. The lowest BCUT2D eigenvalue weighted by molar-refractivity contribution is -0.138. The Labute approximate surface area is 114 Å². The minimum atomic E-state index is -4.54. The number of likely N-dealkylation sites (N-methyl/N-ethyl adjacent to an activating group) is 1. The zero-order valence-electron chi connectivity index (χ0n) is 11.4. The van der Waals surface area contributed by atoms with Gasteiger partial charge in [-0.05, 0) is 12.5 Å². The van der Waals surface area contributed by atoms with Crippen LogP contribution in [0.15, 0.2) is 23.1 Å². The molecule has 0 unspecified atom stereocenters. The van der Waals surface area contributed by atoms with Crippen molar-refractivity contribution >= 4 is 5.91 Å². The summed E-state index contributed by atoms with van der Waals surface area (Å²) in [5, 5.41) is 0. The maximum atomic E-state index is 12.6. The number of nitrogens with zero attached hydrogens (tertiary/aromatic N) is 2. The van der Waals surface area contributed by atoms with Gasteiger partial charge in [0.2, 0.25) is 5.91 Å². The Morgan fingerprint density at radius 3 is 2.55 bits per heavy atom. The lowest BCUT2D eigenvalue weighted by atomic mass is 10.2. The predicted octanol–water partition coefficient (Wildman–Crippen LogP) is 2.13. The molecule has 1 aromatic heterocycles. The highest BCUT2D eigenvalue weighted by atomic mass is 19.4. The Morgan fingerprint density at radius 2 is 2.00 bits per heavy atom. The van der Waals surface area contributed by atoms with Gasteiger partial charge in [0.05, 0.1) is 5.56 Å². The number of aromatic nitrogens is 1. The van der Waals surface area contributed by atoms with Gasteiger partial charge in [-0.1, -0.05) is 13.3 Å². The molecule has 0 saturated carbocycles. The summed E-state index contributed by atoms with van der Waals surface area (Å²) in [6, 6.07) is 1.53. The number of carbonyl (C=O) groups excluding carboxylic acids is 1. The van der Waals surface area contributed by atoms with Crippen LogP contribution in [0.1, 0.15) is 25.3 Å². The van der Waals surface area contributed by atoms with Crippen LogP contribution in [0.4, 0.5) is 13.2 Å². The Hall–Kier alpha value is -1.79. The molecule has 0 fully saturated rings. The summed E-state index contributed by atoms with van der Waals surface area (Å²) in [6.07, 6.45) is -2.15. The first-order valence-electron chi connectivity index (χ1n) is 6.27. The third-order valence-corrected chi connectivity index (χ3v) is 2.89. The van der Waals surface area contributed by atoms with Gasteiger partial charge in [-0.15, -0.1) is 0 Å². The number of alkyl halides is 3. The van der Waals surface area contributed by atoms with Crippen LogP contribution in [0, 0.1) is 0 Å². The molecule has 20 heavy (non-hydrogen) atoms. The van der Waals surface area contributed by atoms with Gasteiger partial charge in [0, 0.05) is 25.9 Å². The Balaban J connectivity index is 2.87. The number of halogens is 3. The van der Waals surface area contributed by atoms with Crippen LogP contribution < -0.4 is 5.56 Å². The van der Waals surface area contributed by atoms with Gasteiger partial charge in [-0.25, -0.2) is 0 Å². The van der Waals surface area contributed by atoms with E-state index in [1.54, 1.807) is 7.05 Å². The second-order valence-corrected chi connectivity index (χ2v) is 4.55. The van der Waals surface area contributed by atoms with Crippen LogP contribution >= 0.6 is 0 Å². The molecule has 0 aliphatic heterocycles. The summed E-state index contributed by atoms with van der Waals surface area (Å²) >= 11 is 0. The maximum Gasteiger partial charge on any atom is 0.417 e. The topological polar surface area (TPSA) is 42.3 Å². The fraction of sp³-hybridized carbons (Fsp3) is 0.538. The molecule has 0 aliphatic rings. The molecule has 1 amide bonds. The smallest absolute Gasteiger partial charge is 0.344 e. The van der Waals surface area contributed by atoms with Crippen LogP contribution in [0.3, 0.4) is 0 Å². The van der Waals surface area contributed by atoms with Crippen LogP contribution in [0.5, 0.6) is 0 Å². The van der Waals surface area contributed by atoms with E-state index in [0.717, 1.165) is 23.5 Å². The highest BCUT2D eigenvalue weighted by molar-refractivity contribution is 5.75. The van der Waals surface area contributed by atoms with Gasteiger partial charge in [0.1, 0.15) is 6.54 Å². The Bertz CT molecular complexity index is 523. The minimum Gasteiger partial charge on any atom is -0.344 e. The van der Waals surface area contributed by atoms with Crippen LogP contribution in [-0.4, -0.2) is 29.0 Å². The summed E-state index contributed by atoms with van der Waals surface area (Å²) < 4.78 is 38.4. The second kappa shape index (κ2) is 6.58. The van der Waals surface area contributed by atoms with E-state index in [9.17, 15) is 22.8 Å². The second-order valence-electron chi connectivity index (χ2n) is 4.55. The van der Waals surface area contributed by atoms with Crippen molar-refractivity contribution in [1.82, 2.24) is 9.47 Å². The van der Waals surface area contributed by atoms with Crippen LogP contribution in [0.2, 0.25) is 0 Å². The van der Waals surface area contributed by atoms with Crippen molar-refractivity contribution in [3.8, 4) is 0 Å². The van der Waals surface area contributed by atoms with E-state index in [4.69, 9.17) is 0 Å².